The van der Waals surface area contributed by atoms with Crippen LogP contribution in [0.1, 0.15) is 11.6 Å². The molecule has 0 aliphatic carbocycles. The SMILES string of the molecule is CN(C)C(CNc1ccc2nnnn2n1)c1c(F)cccc1Cl. The molecule has 1 aromatic carbocycles. The Morgan fingerprint density at radius 1 is 1.30 bits per heavy atom. The van der Waals surface area contributed by atoms with Crippen LogP contribution < -0.4 is 5.32 Å². The molecule has 23 heavy (non-hydrogen) atoms. The minimum Gasteiger partial charge on any atom is -0.367 e. The molecule has 120 valence electrons. The van der Waals surface area contributed by atoms with E-state index in [1.165, 1.54) is 10.7 Å². The molecular weight excluding hydrogens is 321 g/mol. The van der Waals surface area contributed by atoms with Crippen molar-refractivity contribution < 1.29 is 4.39 Å². The van der Waals surface area contributed by atoms with E-state index in [0.717, 1.165) is 0 Å². The third-order valence-corrected chi connectivity index (χ3v) is 3.83. The highest BCUT2D eigenvalue weighted by atomic mass is 35.5. The summed E-state index contributed by atoms with van der Waals surface area (Å²) in [5.41, 5.74) is 1.01. The van der Waals surface area contributed by atoms with Crippen molar-refractivity contribution in [2.45, 2.75) is 6.04 Å². The van der Waals surface area contributed by atoms with E-state index in [1.807, 2.05) is 19.0 Å². The lowest BCUT2D eigenvalue weighted by Crippen LogP contribution is -2.28. The Labute approximate surface area is 137 Å². The summed E-state index contributed by atoms with van der Waals surface area (Å²) in [6.07, 6.45) is 0. The number of nitrogens with one attached hydrogen (secondary N) is 1. The molecule has 2 aromatic heterocycles. The van der Waals surface area contributed by atoms with E-state index in [-0.39, 0.29) is 11.9 Å². The highest BCUT2D eigenvalue weighted by Crippen LogP contribution is 2.29. The molecule has 1 unspecified atom stereocenters. The third kappa shape index (κ3) is 3.22. The van der Waals surface area contributed by atoms with Gasteiger partial charge in [0.2, 0.25) is 0 Å². The van der Waals surface area contributed by atoms with Gasteiger partial charge in [-0.2, -0.15) is 0 Å². The van der Waals surface area contributed by atoms with Gasteiger partial charge in [-0.3, -0.25) is 0 Å². The highest BCUT2D eigenvalue weighted by molar-refractivity contribution is 6.31. The summed E-state index contributed by atoms with van der Waals surface area (Å²) < 4.78 is 15.5. The fourth-order valence-electron chi connectivity index (χ4n) is 2.32. The van der Waals surface area contributed by atoms with E-state index in [2.05, 4.69) is 25.9 Å². The number of fused-ring (bicyclic) bond motifs is 1. The fourth-order valence-corrected chi connectivity index (χ4v) is 2.61. The molecule has 3 rings (SSSR count). The zero-order chi connectivity index (χ0) is 16.4. The molecule has 0 fully saturated rings. The average molecular weight is 336 g/mol. The van der Waals surface area contributed by atoms with Gasteiger partial charge in [-0.15, -0.1) is 14.8 Å². The standard InChI is InChI=1S/C14H15ClFN7/c1-22(2)11(14-9(15)4-3-5-10(14)16)8-17-12-6-7-13-18-20-21-23(13)19-12/h3-7,11H,8H2,1-2H3,(H,17,19). The molecule has 0 radical (unpaired) electrons. The third-order valence-electron chi connectivity index (χ3n) is 3.50. The number of likely N-dealkylation sites (N-methyl/N-ethyl adjacent to an activating group) is 1. The van der Waals surface area contributed by atoms with Crippen LogP contribution in [0, 0.1) is 5.82 Å². The van der Waals surface area contributed by atoms with Gasteiger partial charge in [0, 0.05) is 17.1 Å². The molecule has 3 aromatic rings. The lowest BCUT2D eigenvalue weighted by atomic mass is 10.1. The number of hydrogen-bond acceptors (Lipinski definition) is 6. The average Bonchev–Trinajstić information content (AvgIpc) is 2.97. The second kappa shape index (κ2) is 6.43. The number of aromatic nitrogens is 5. The van der Waals surface area contributed by atoms with Crippen LogP contribution in [0.25, 0.3) is 5.65 Å². The molecule has 7 nitrogen and oxygen atoms in total. The van der Waals surface area contributed by atoms with Crippen LogP contribution in [0.3, 0.4) is 0 Å². The summed E-state index contributed by atoms with van der Waals surface area (Å²) in [4.78, 5) is 1.90. The molecule has 2 heterocycles. The van der Waals surface area contributed by atoms with Gasteiger partial charge < -0.3 is 10.2 Å². The van der Waals surface area contributed by atoms with Crippen LogP contribution in [0.15, 0.2) is 30.3 Å². The van der Waals surface area contributed by atoms with E-state index in [4.69, 9.17) is 11.6 Å². The summed E-state index contributed by atoms with van der Waals surface area (Å²) in [6.45, 7) is 0.425. The van der Waals surface area contributed by atoms with Crippen molar-refractivity contribution >= 4 is 23.1 Å². The Hall–Kier alpha value is -2.32. The van der Waals surface area contributed by atoms with Crippen LogP contribution >= 0.6 is 11.6 Å². The first-order valence-corrected chi connectivity index (χ1v) is 7.33. The van der Waals surface area contributed by atoms with E-state index in [0.29, 0.717) is 28.6 Å². The first-order valence-electron chi connectivity index (χ1n) is 6.96. The van der Waals surface area contributed by atoms with Gasteiger partial charge in [-0.25, -0.2) is 4.39 Å². The van der Waals surface area contributed by atoms with E-state index < -0.39 is 0 Å². The second-order valence-electron chi connectivity index (χ2n) is 5.24. The number of nitrogens with zero attached hydrogens (tertiary/aromatic N) is 6. The van der Waals surface area contributed by atoms with Crippen LogP contribution in [0.5, 0.6) is 0 Å². The van der Waals surface area contributed by atoms with Gasteiger partial charge in [0.05, 0.1) is 6.04 Å². The smallest absolute Gasteiger partial charge is 0.200 e. The summed E-state index contributed by atoms with van der Waals surface area (Å²) in [5, 5.41) is 18.9. The van der Waals surface area contributed by atoms with Crippen molar-refractivity contribution in [3.05, 3.63) is 46.7 Å². The Morgan fingerprint density at radius 2 is 2.13 bits per heavy atom. The van der Waals surface area contributed by atoms with Crippen molar-refractivity contribution in [1.82, 2.24) is 30.2 Å². The fraction of sp³-hybridized carbons (Fsp3) is 0.286. The predicted molar refractivity (Wildman–Crippen MR) is 84.9 cm³/mol. The number of benzene rings is 1. The first-order chi connectivity index (χ1) is 11.1. The van der Waals surface area contributed by atoms with E-state index in [1.54, 1.807) is 24.3 Å². The maximum Gasteiger partial charge on any atom is 0.200 e. The second-order valence-corrected chi connectivity index (χ2v) is 5.65. The molecule has 0 aliphatic rings. The van der Waals surface area contributed by atoms with Gasteiger partial charge in [-0.1, -0.05) is 17.7 Å². The molecule has 0 amide bonds. The summed E-state index contributed by atoms with van der Waals surface area (Å²) in [5.74, 6) is 0.256. The molecular formula is C14H15ClFN7. The molecule has 1 N–H and O–H groups in total. The van der Waals surface area contributed by atoms with Crippen molar-refractivity contribution in [1.29, 1.82) is 0 Å². The molecule has 0 spiro atoms. The summed E-state index contributed by atoms with van der Waals surface area (Å²) in [6, 6.07) is 7.94. The van der Waals surface area contributed by atoms with E-state index in [9.17, 15) is 4.39 Å². The minimum absolute atomic E-state index is 0.255. The molecule has 1 atom stereocenters. The van der Waals surface area contributed by atoms with Gasteiger partial charge in [-0.05, 0) is 48.8 Å². The van der Waals surface area contributed by atoms with Crippen LogP contribution in [-0.4, -0.2) is 50.8 Å². The Morgan fingerprint density at radius 3 is 2.87 bits per heavy atom. The Balaban J connectivity index is 1.82. The van der Waals surface area contributed by atoms with Crippen molar-refractivity contribution in [2.24, 2.45) is 0 Å². The number of anilines is 1. The lowest BCUT2D eigenvalue weighted by molar-refractivity contribution is 0.304. The normalized spacial score (nSPS) is 12.7. The Kier molecular flexibility index (Phi) is 4.35. The minimum atomic E-state index is -0.332. The maximum absolute atomic E-state index is 14.2. The zero-order valence-corrected chi connectivity index (χ0v) is 13.4. The zero-order valence-electron chi connectivity index (χ0n) is 12.6. The molecule has 0 saturated carbocycles. The van der Waals surface area contributed by atoms with Crippen molar-refractivity contribution in [2.75, 3.05) is 26.0 Å². The highest BCUT2D eigenvalue weighted by Gasteiger charge is 2.21. The first kappa shape index (κ1) is 15.6. The molecule has 0 bridgehead atoms. The van der Waals surface area contributed by atoms with Crippen LogP contribution in [-0.2, 0) is 0 Å². The van der Waals surface area contributed by atoms with Crippen molar-refractivity contribution in [3.8, 4) is 0 Å². The van der Waals surface area contributed by atoms with Gasteiger partial charge in [0.1, 0.15) is 11.6 Å². The molecule has 0 saturated heterocycles. The Bertz CT molecular complexity index is 799. The summed E-state index contributed by atoms with van der Waals surface area (Å²) >= 11 is 6.17. The monoisotopic (exact) mass is 335 g/mol. The van der Waals surface area contributed by atoms with Gasteiger partial charge >= 0.3 is 0 Å². The maximum atomic E-state index is 14.2. The molecule has 9 heteroatoms. The lowest BCUT2D eigenvalue weighted by Gasteiger charge is -2.26. The topological polar surface area (TPSA) is 71.2 Å². The van der Waals surface area contributed by atoms with Crippen molar-refractivity contribution in [3.63, 3.8) is 0 Å². The molecule has 0 aliphatic heterocycles. The van der Waals surface area contributed by atoms with Gasteiger partial charge in [0.15, 0.2) is 5.65 Å². The number of tetrazole rings is 1. The van der Waals surface area contributed by atoms with Crippen LogP contribution in [0.2, 0.25) is 5.02 Å². The van der Waals surface area contributed by atoms with Gasteiger partial charge in [0.25, 0.3) is 0 Å². The number of hydrogen-bond donors (Lipinski definition) is 1. The quantitative estimate of drug-likeness (QED) is 0.769. The largest absolute Gasteiger partial charge is 0.367 e. The number of rotatable bonds is 5. The predicted octanol–water partition coefficient (Wildman–Crippen LogP) is 2.03. The van der Waals surface area contributed by atoms with E-state index >= 15 is 0 Å². The van der Waals surface area contributed by atoms with Crippen LogP contribution in [0.4, 0.5) is 10.2 Å². The summed E-state index contributed by atoms with van der Waals surface area (Å²) in [7, 11) is 3.74. The number of halogens is 2.